The molecule has 0 spiro atoms. The summed E-state index contributed by atoms with van der Waals surface area (Å²) < 4.78 is 13.1. The molecule has 0 aliphatic heterocycles. The summed E-state index contributed by atoms with van der Waals surface area (Å²) in [7, 11) is 0. The van der Waals surface area contributed by atoms with E-state index in [0.29, 0.717) is 0 Å². The zero-order valence-corrected chi connectivity index (χ0v) is 11.4. The Bertz CT molecular complexity index is 552. The van der Waals surface area contributed by atoms with Gasteiger partial charge in [-0.2, -0.15) is 5.10 Å². The van der Waals surface area contributed by atoms with E-state index < -0.39 is 0 Å². The molecular formula is C15H18FN3. The minimum atomic E-state index is -0.208. The van der Waals surface area contributed by atoms with Crippen molar-refractivity contribution < 1.29 is 4.39 Å². The predicted molar refractivity (Wildman–Crippen MR) is 74.6 cm³/mol. The van der Waals surface area contributed by atoms with Crippen LogP contribution in [0.15, 0.2) is 30.3 Å². The van der Waals surface area contributed by atoms with Gasteiger partial charge in [0.15, 0.2) is 0 Å². The van der Waals surface area contributed by atoms with E-state index in [1.54, 1.807) is 12.1 Å². The summed E-state index contributed by atoms with van der Waals surface area (Å²) >= 11 is 0. The molecule has 0 aliphatic rings. The second-order valence-corrected chi connectivity index (χ2v) is 4.63. The van der Waals surface area contributed by atoms with Crippen molar-refractivity contribution in [2.45, 2.75) is 33.2 Å². The van der Waals surface area contributed by atoms with Crippen molar-refractivity contribution in [3.63, 3.8) is 0 Å². The number of nitrogens with zero attached hydrogens (tertiary/aromatic N) is 2. The summed E-state index contributed by atoms with van der Waals surface area (Å²) in [5.41, 5.74) is 2.96. The summed E-state index contributed by atoms with van der Waals surface area (Å²) in [5, 5.41) is 11.5. The first kappa shape index (κ1) is 13.5. The number of anilines is 1. The molecule has 0 saturated heterocycles. The van der Waals surface area contributed by atoms with Crippen LogP contribution in [0.3, 0.4) is 0 Å². The van der Waals surface area contributed by atoms with E-state index >= 15 is 0 Å². The highest BCUT2D eigenvalue weighted by atomic mass is 19.1. The van der Waals surface area contributed by atoms with Gasteiger partial charge in [-0.05, 0) is 55.7 Å². The molecule has 4 heteroatoms. The molecular weight excluding hydrogens is 241 g/mol. The van der Waals surface area contributed by atoms with Crippen LogP contribution in [0.5, 0.6) is 0 Å². The topological polar surface area (TPSA) is 37.8 Å². The van der Waals surface area contributed by atoms with Gasteiger partial charge >= 0.3 is 0 Å². The second kappa shape index (κ2) is 5.78. The first-order valence-corrected chi connectivity index (χ1v) is 6.45. The lowest BCUT2D eigenvalue weighted by Crippen LogP contribution is -2.10. The maximum atomic E-state index is 13.1. The van der Waals surface area contributed by atoms with E-state index in [1.807, 2.05) is 32.9 Å². The Morgan fingerprint density at radius 3 is 2.58 bits per heavy atom. The van der Waals surface area contributed by atoms with Crippen molar-refractivity contribution in [2.75, 3.05) is 5.32 Å². The largest absolute Gasteiger partial charge is 0.362 e. The highest BCUT2D eigenvalue weighted by Crippen LogP contribution is 2.21. The van der Waals surface area contributed by atoms with Crippen LogP contribution < -0.4 is 5.32 Å². The number of aryl methyl sites for hydroxylation is 2. The number of hydrogen-bond donors (Lipinski definition) is 1. The average molecular weight is 259 g/mol. The quantitative estimate of drug-likeness (QED) is 0.910. The third-order valence-electron chi connectivity index (χ3n) is 3.14. The van der Waals surface area contributed by atoms with Crippen molar-refractivity contribution in [1.82, 2.24) is 10.2 Å². The monoisotopic (exact) mass is 259 g/mol. The van der Waals surface area contributed by atoms with Crippen LogP contribution in [0.4, 0.5) is 10.2 Å². The molecule has 0 fully saturated rings. The number of nitrogens with one attached hydrogen (secondary N) is 1. The molecule has 1 aromatic heterocycles. The first-order chi connectivity index (χ1) is 9.10. The van der Waals surface area contributed by atoms with Gasteiger partial charge in [-0.25, -0.2) is 4.39 Å². The molecule has 2 rings (SSSR count). The van der Waals surface area contributed by atoms with Gasteiger partial charge < -0.3 is 5.32 Å². The Kier molecular flexibility index (Phi) is 4.10. The van der Waals surface area contributed by atoms with Gasteiger partial charge in [0, 0.05) is 0 Å². The molecule has 1 heterocycles. The number of halogens is 1. The van der Waals surface area contributed by atoms with Gasteiger partial charge in [-0.1, -0.05) is 13.0 Å². The number of rotatable bonds is 4. The Balaban J connectivity index is 2.13. The summed E-state index contributed by atoms with van der Waals surface area (Å²) in [6.07, 6.45) is 0.875. The molecule has 0 unspecified atom stereocenters. The van der Waals surface area contributed by atoms with Crippen molar-refractivity contribution in [1.29, 1.82) is 0 Å². The highest BCUT2D eigenvalue weighted by molar-refractivity contribution is 5.39. The fourth-order valence-corrected chi connectivity index (χ4v) is 2.05. The SMILES string of the molecule is CCc1ccc(N[C@@H](C)c2ccc(F)cc2C)nn1. The maximum absolute atomic E-state index is 13.1. The van der Waals surface area contributed by atoms with Crippen molar-refractivity contribution >= 4 is 5.82 Å². The Labute approximate surface area is 112 Å². The van der Waals surface area contributed by atoms with Crippen LogP contribution in [-0.2, 0) is 6.42 Å². The summed E-state index contributed by atoms with van der Waals surface area (Å²) in [6.45, 7) is 5.97. The van der Waals surface area contributed by atoms with E-state index in [-0.39, 0.29) is 11.9 Å². The van der Waals surface area contributed by atoms with Crippen LogP contribution in [-0.4, -0.2) is 10.2 Å². The van der Waals surface area contributed by atoms with Crippen LogP contribution >= 0.6 is 0 Å². The lowest BCUT2D eigenvalue weighted by molar-refractivity contribution is 0.624. The third kappa shape index (κ3) is 3.28. The Hall–Kier alpha value is -1.97. The number of aromatic nitrogens is 2. The Morgan fingerprint density at radius 1 is 1.21 bits per heavy atom. The second-order valence-electron chi connectivity index (χ2n) is 4.63. The van der Waals surface area contributed by atoms with Gasteiger partial charge in [0.2, 0.25) is 0 Å². The van der Waals surface area contributed by atoms with E-state index in [4.69, 9.17) is 0 Å². The number of hydrogen-bond acceptors (Lipinski definition) is 3. The standard InChI is InChI=1S/C15H18FN3/c1-4-13-6-8-15(19-18-13)17-11(3)14-7-5-12(16)9-10(14)2/h5-9,11H,4H2,1-3H3,(H,17,19)/t11-/m0/s1. The predicted octanol–water partition coefficient (Wildman–Crippen LogP) is 3.66. The molecule has 1 N–H and O–H groups in total. The fourth-order valence-electron chi connectivity index (χ4n) is 2.05. The van der Waals surface area contributed by atoms with Gasteiger partial charge in [0.1, 0.15) is 11.6 Å². The van der Waals surface area contributed by atoms with E-state index in [0.717, 1.165) is 29.1 Å². The minimum Gasteiger partial charge on any atom is -0.362 e. The van der Waals surface area contributed by atoms with Gasteiger partial charge in [-0.3, -0.25) is 0 Å². The zero-order chi connectivity index (χ0) is 13.8. The molecule has 3 nitrogen and oxygen atoms in total. The molecule has 19 heavy (non-hydrogen) atoms. The van der Waals surface area contributed by atoms with Crippen molar-refractivity contribution in [3.05, 3.63) is 53.0 Å². The highest BCUT2D eigenvalue weighted by Gasteiger charge is 2.09. The maximum Gasteiger partial charge on any atom is 0.149 e. The molecule has 100 valence electrons. The molecule has 1 atom stereocenters. The van der Waals surface area contributed by atoms with E-state index in [1.165, 1.54) is 6.07 Å². The molecule has 0 aliphatic carbocycles. The zero-order valence-electron chi connectivity index (χ0n) is 11.4. The molecule has 0 radical (unpaired) electrons. The first-order valence-electron chi connectivity index (χ1n) is 6.45. The molecule has 2 aromatic rings. The average Bonchev–Trinajstić information content (AvgIpc) is 2.39. The molecule has 1 aromatic carbocycles. The molecule has 0 saturated carbocycles. The van der Waals surface area contributed by atoms with Gasteiger partial charge in [0.25, 0.3) is 0 Å². The van der Waals surface area contributed by atoms with E-state index in [2.05, 4.69) is 15.5 Å². The Morgan fingerprint density at radius 2 is 2.00 bits per heavy atom. The molecule has 0 bridgehead atoms. The normalized spacial score (nSPS) is 12.2. The van der Waals surface area contributed by atoms with Crippen LogP contribution in [0.2, 0.25) is 0 Å². The fraction of sp³-hybridized carbons (Fsp3) is 0.333. The third-order valence-corrected chi connectivity index (χ3v) is 3.14. The lowest BCUT2D eigenvalue weighted by atomic mass is 10.0. The minimum absolute atomic E-state index is 0.0578. The van der Waals surface area contributed by atoms with E-state index in [9.17, 15) is 4.39 Å². The van der Waals surface area contributed by atoms with Crippen molar-refractivity contribution in [2.24, 2.45) is 0 Å². The smallest absolute Gasteiger partial charge is 0.149 e. The lowest BCUT2D eigenvalue weighted by Gasteiger charge is -2.17. The summed E-state index contributed by atoms with van der Waals surface area (Å²) in [4.78, 5) is 0. The van der Waals surface area contributed by atoms with Crippen LogP contribution in [0, 0.1) is 12.7 Å². The summed E-state index contributed by atoms with van der Waals surface area (Å²) in [5.74, 6) is 0.522. The van der Waals surface area contributed by atoms with Crippen molar-refractivity contribution in [3.8, 4) is 0 Å². The molecule has 0 amide bonds. The van der Waals surface area contributed by atoms with Gasteiger partial charge in [-0.15, -0.1) is 5.10 Å². The van der Waals surface area contributed by atoms with Crippen LogP contribution in [0.1, 0.15) is 36.7 Å². The summed E-state index contributed by atoms with van der Waals surface area (Å²) in [6, 6.07) is 8.75. The number of benzene rings is 1. The van der Waals surface area contributed by atoms with Crippen LogP contribution in [0.25, 0.3) is 0 Å². The van der Waals surface area contributed by atoms with Gasteiger partial charge in [0.05, 0.1) is 11.7 Å².